The minimum Gasteiger partial charge on any atom is -0.449 e. The fourth-order valence-electron chi connectivity index (χ4n) is 1.12. The van der Waals surface area contributed by atoms with Gasteiger partial charge < -0.3 is 14.7 Å². The van der Waals surface area contributed by atoms with Gasteiger partial charge in [0, 0.05) is 19.0 Å². The first-order valence-electron chi connectivity index (χ1n) is 3.56. The summed E-state index contributed by atoms with van der Waals surface area (Å²) in [5.74, 6) is 0. The van der Waals surface area contributed by atoms with Gasteiger partial charge in [0.05, 0.1) is 6.61 Å². The third-order valence-corrected chi connectivity index (χ3v) is 1.86. The minimum absolute atomic E-state index is 0.0463. The van der Waals surface area contributed by atoms with E-state index in [4.69, 9.17) is 9.84 Å². The molecule has 1 heterocycles. The van der Waals surface area contributed by atoms with Gasteiger partial charge in [-0.15, -0.1) is 0 Å². The summed E-state index contributed by atoms with van der Waals surface area (Å²) >= 11 is 0. The summed E-state index contributed by atoms with van der Waals surface area (Å²) in [5, 5.41) is 8.94. The molecule has 0 aromatic rings. The zero-order valence-electron chi connectivity index (χ0n) is 6.83. The van der Waals surface area contributed by atoms with Crippen LogP contribution in [0.5, 0.6) is 0 Å². The van der Waals surface area contributed by atoms with Crippen molar-refractivity contribution in [1.82, 2.24) is 4.90 Å². The second-order valence-electron chi connectivity index (χ2n) is 3.38. The Morgan fingerprint density at radius 2 is 2.45 bits per heavy atom. The number of rotatable bonds is 1. The molecule has 1 amide bonds. The molecule has 1 aliphatic heterocycles. The van der Waals surface area contributed by atoms with Crippen molar-refractivity contribution in [3.8, 4) is 0 Å². The highest BCUT2D eigenvalue weighted by Gasteiger charge is 2.33. The van der Waals surface area contributed by atoms with Crippen LogP contribution in [0.1, 0.15) is 6.92 Å². The Labute approximate surface area is 65.8 Å². The molecule has 64 valence electrons. The largest absolute Gasteiger partial charge is 0.449 e. The molecule has 0 aromatic carbocycles. The monoisotopic (exact) mass is 159 g/mol. The first kappa shape index (κ1) is 8.33. The van der Waals surface area contributed by atoms with Crippen LogP contribution in [0.4, 0.5) is 4.79 Å². The van der Waals surface area contributed by atoms with Crippen LogP contribution in [0, 0.1) is 5.41 Å². The van der Waals surface area contributed by atoms with Crippen LogP contribution < -0.4 is 0 Å². The van der Waals surface area contributed by atoms with Crippen molar-refractivity contribution in [3.63, 3.8) is 0 Å². The molecule has 0 radical (unpaired) electrons. The molecule has 1 saturated heterocycles. The molecule has 1 fully saturated rings. The number of carbonyl (C=O) groups is 1. The number of hydrogen-bond acceptors (Lipinski definition) is 3. The second kappa shape index (κ2) is 2.70. The standard InChI is InChI=1S/C7H13NO3/c1-7(4-9)3-8(2)6(10)11-5-7/h9H,3-5H2,1-2H3/t7-/m1/s1. The first-order chi connectivity index (χ1) is 5.07. The number of cyclic esters (lactones) is 1. The molecule has 1 rings (SSSR count). The van der Waals surface area contributed by atoms with Gasteiger partial charge in [0.15, 0.2) is 0 Å². The highest BCUT2D eigenvalue weighted by atomic mass is 16.6. The fraction of sp³-hybridized carbons (Fsp3) is 0.857. The summed E-state index contributed by atoms with van der Waals surface area (Å²) in [6.45, 7) is 2.80. The van der Waals surface area contributed by atoms with Gasteiger partial charge in [-0.2, -0.15) is 0 Å². The minimum atomic E-state index is -0.309. The number of nitrogens with zero attached hydrogens (tertiary/aromatic N) is 1. The summed E-state index contributed by atoms with van der Waals surface area (Å²) in [5.41, 5.74) is -0.289. The predicted octanol–water partition coefficient (Wildman–Crippen LogP) is 0.0670. The van der Waals surface area contributed by atoms with Crippen molar-refractivity contribution in [2.45, 2.75) is 6.92 Å². The molecule has 1 N–H and O–H groups in total. The normalized spacial score (nSPS) is 31.9. The number of carbonyl (C=O) groups excluding carboxylic acids is 1. The predicted molar refractivity (Wildman–Crippen MR) is 39.2 cm³/mol. The van der Waals surface area contributed by atoms with E-state index >= 15 is 0 Å². The van der Waals surface area contributed by atoms with Crippen LogP contribution in [0.3, 0.4) is 0 Å². The number of ether oxygens (including phenoxy) is 1. The third kappa shape index (κ3) is 1.63. The zero-order chi connectivity index (χ0) is 8.48. The Morgan fingerprint density at radius 3 is 2.91 bits per heavy atom. The maximum absolute atomic E-state index is 10.8. The van der Waals surface area contributed by atoms with Crippen LogP contribution in [-0.2, 0) is 4.74 Å². The maximum Gasteiger partial charge on any atom is 0.409 e. The van der Waals surface area contributed by atoms with Gasteiger partial charge in [0.2, 0.25) is 0 Å². The summed E-state index contributed by atoms with van der Waals surface area (Å²) in [7, 11) is 1.66. The molecule has 1 atom stereocenters. The van der Waals surface area contributed by atoms with Gasteiger partial charge in [-0.1, -0.05) is 6.92 Å². The van der Waals surface area contributed by atoms with Crippen LogP contribution in [0.15, 0.2) is 0 Å². The lowest BCUT2D eigenvalue weighted by Crippen LogP contribution is -2.48. The molecule has 0 unspecified atom stereocenters. The Kier molecular flexibility index (Phi) is 2.04. The second-order valence-corrected chi connectivity index (χ2v) is 3.38. The molecule has 1 aliphatic rings. The van der Waals surface area contributed by atoms with Crippen LogP contribution >= 0.6 is 0 Å². The van der Waals surface area contributed by atoms with Gasteiger partial charge in [0.1, 0.15) is 6.61 Å². The topological polar surface area (TPSA) is 49.8 Å². The molecular weight excluding hydrogens is 146 g/mol. The van der Waals surface area contributed by atoms with Crippen molar-refractivity contribution in [1.29, 1.82) is 0 Å². The van der Waals surface area contributed by atoms with Gasteiger partial charge in [-0.3, -0.25) is 0 Å². The van der Waals surface area contributed by atoms with Crippen LogP contribution in [-0.4, -0.2) is 42.9 Å². The quantitative estimate of drug-likeness (QED) is 0.589. The van der Waals surface area contributed by atoms with Crippen molar-refractivity contribution < 1.29 is 14.6 Å². The van der Waals surface area contributed by atoms with Crippen LogP contribution in [0.2, 0.25) is 0 Å². The SMILES string of the molecule is CN1C[C@](C)(CO)COC1=O. The van der Waals surface area contributed by atoms with Crippen molar-refractivity contribution in [3.05, 3.63) is 0 Å². The summed E-state index contributed by atoms with van der Waals surface area (Å²) in [6.07, 6.45) is -0.309. The van der Waals surface area contributed by atoms with E-state index in [1.54, 1.807) is 7.05 Å². The van der Waals surface area contributed by atoms with E-state index in [1.165, 1.54) is 4.90 Å². The Bertz CT molecular complexity index is 171. The Balaban J connectivity index is 2.58. The van der Waals surface area contributed by atoms with Crippen LogP contribution in [0.25, 0.3) is 0 Å². The smallest absolute Gasteiger partial charge is 0.409 e. The van der Waals surface area contributed by atoms with E-state index in [0.29, 0.717) is 13.2 Å². The van der Waals surface area contributed by atoms with Gasteiger partial charge in [0.25, 0.3) is 0 Å². The lowest BCUT2D eigenvalue weighted by Gasteiger charge is -2.36. The molecule has 4 heteroatoms. The number of aliphatic hydroxyl groups is 1. The lowest BCUT2D eigenvalue weighted by molar-refractivity contribution is -0.0171. The zero-order valence-corrected chi connectivity index (χ0v) is 6.83. The Hall–Kier alpha value is -0.770. The number of hydrogen-bond donors (Lipinski definition) is 1. The fourth-order valence-corrected chi connectivity index (χ4v) is 1.12. The van der Waals surface area contributed by atoms with E-state index in [0.717, 1.165) is 0 Å². The van der Waals surface area contributed by atoms with Gasteiger partial charge in [-0.25, -0.2) is 4.79 Å². The van der Waals surface area contributed by atoms with Crippen molar-refractivity contribution in [2.75, 3.05) is 26.8 Å². The van der Waals surface area contributed by atoms with E-state index in [1.807, 2.05) is 6.92 Å². The van der Waals surface area contributed by atoms with Gasteiger partial charge in [-0.05, 0) is 0 Å². The summed E-state index contributed by atoms with van der Waals surface area (Å²) in [4.78, 5) is 12.3. The average molecular weight is 159 g/mol. The highest BCUT2D eigenvalue weighted by Crippen LogP contribution is 2.21. The summed E-state index contributed by atoms with van der Waals surface area (Å²) in [6, 6.07) is 0. The van der Waals surface area contributed by atoms with E-state index in [9.17, 15) is 4.79 Å². The molecule has 0 aromatic heterocycles. The third-order valence-electron chi connectivity index (χ3n) is 1.86. The summed E-state index contributed by atoms with van der Waals surface area (Å²) < 4.78 is 4.82. The molecule has 0 aliphatic carbocycles. The maximum atomic E-state index is 10.8. The molecule has 11 heavy (non-hydrogen) atoms. The molecule has 0 saturated carbocycles. The molecule has 0 bridgehead atoms. The lowest BCUT2D eigenvalue weighted by atomic mass is 9.92. The first-order valence-corrected chi connectivity index (χ1v) is 3.56. The van der Waals surface area contributed by atoms with E-state index < -0.39 is 0 Å². The average Bonchev–Trinajstić information content (AvgIpc) is 1.98. The Morgan fingerprint density at radius 1 is 1.82 bits per heavy atom. The van der Waals surface area contributed by atoms with Gasteiger partial charge >= 0.3 is 6.09 Å². The number of aliphatic hydroxyl groups excluding tert-OH is 1. The van der Waals surface area contributed by atoms with E-state index in [-0.39, 0.29) is 18.1 Å². The highest BCUT2D eigenvalue weighted by molar-refractivity contribution is 5.68. The number of amides is 1. The molecule has 0 spiro atoms. The van der Waals surface area contributed by atoms with Crippen molar-refractivity contribution >= 4 is 6.09 Å². The molecular formula is C7H13NO3. The molecule has 4 nitrogen and oxygen atoms in total. The van der Waals surface area contributed by atoms with Crippen molar-refractivity contribution in [2.24, 2.45) is 5.41 Å². The van der Waals surface area contributed by atoms with E-state index in [2.05, 4.69) is 0 Å².